The molecule has 27 heavy (non-hydrogen) atoms. The molecule has 0 saturated heterocycles. The third-order valence-corrected chi connectivity index (χ3v) is 4.26. The Kier molecular flexibility index (Phi) is 6.90. The number of hydrogen-bond acceptors (Lipinski definition) is 3. The van der Waals surface area contributed by atoms with E-state index in [9.17, 15) is 14.9 Å². The third-order valence-electron chi connectivity index (χ3n) is 4.26. The summed E-state index contributed by atoms with van der Waals surface area (Å²) in [5.41, 5.74) is 3.22. The zero-order valence-electron chi connectivity index (χ0n) is 15.7. The summed E-state index contributed by atoms with van der Waals surface area (Å²) >= 11 is 0. The summed E-state index contributed by atoms with van der Waals surface area (Å²) in [6.07, 6.45) is 2.56. The molecule has 138 valence electrons. The van der Waals surface area contributed by atoms with Gasteiger partial charge in [0.1, 0.15) is 11.6 Å². The summed E-state index contributed by atoms with van der Waals surface area (Å²) in [5.74, 6) is -0.153. The van der Waals surface area contributed by atoms with Crippen LogP contribution in [-0.4, -0.2) is 11.8 Å². The van der Waals surface area contributed by atoms with Crippen molar-refractivity contribution in [2.75, 3.05) is 10.6 Å². The number of carbonyl (C=O) groups excluding carboxylic acids is 2. The second kappa shape index (κ2) is 9.35. The summed E-state index contributed by atoms with van der Waals surface area (Å²) < 4.78 is 0. The highest BCUT2D eigenvalue weighted by Crippen LogP contribution is 2.21. The van der Waals surface area contributed by atoms with Gasteiger partial charge in [-0.25, -0.2) is 0 Å². The van der Waals surface area contributed by atoms with E-state index in [1.165, 1.54) is 18.6 Å². The number of carbonyl (C=O) groups is 2. The van der Waals surface area contributed by atoms with Gasteiger partial charge in [-0.2, -0.15) is 5.26 Å². The fourth-order valence-electron chi connectivity index (χ4n) is 2.51. The van der Waals surface area contributed by atoms with E-state index in [1.807, 2.05) is 30.3 Å². The molecule has 0 saturated carbocycles. The van der Waals surface area contributed by atoms with Gasteiger partial charge in [0.05, 0.1) is 0 Å². The molecule has 2 rings (SSSR count). The molecule has 5 heteroatoms. The van der Waals surface area contributed by atoms with Crippen molar-refractivity contribution in [2.45, 2.75) is 33.1 Å². The highest BCUT2D eigenvalue weighted by molar-refractivity contribution is 6.09. The standard InChI is InChI=1S/C22H23N3O2/c1-4-15(2)18-7-11-21(12-8-18)25-22(27)19(14-23)13-17-5-9-20(10-6-17)24-16(3)26/h5-13,15H,4H2,1-3H3,(H,24,26)(H,25,27)/b19-13+/t15-/m1/s1. The van der Waals surface area contributed by atoms with Gasteiger partial charge in [0.2, 0.25) is 5.91 Å². The van der Waals surface area contributed by atoms with Crippen LogP contribution in [0.5, 0.6) is 0 Å². The zero-order chi connectivity index (χ0) is 19.8. The van der Waals surface area contributed by atoms with Crippen LogP contribution in [-0.2, 0) is 9.59 Å². The molecule has 0 aliphatic carbocycles. The van der Waals surface area contributed by atoms with Crippen molar-refractivity contribution in [2.24, 2.45) is 0 Å². The Bertz CT molecular complexity index is 875. The molecule has 0 heterocycles. The largest absolute Gasteiger partial charge is 0.326 e. The van der Waals surface area contributed by atoms with Crippen molar-refractivity contribution >= 4 is 29.3 Å². The summed E-state index contributed by atoms with van der Waals surface area (Å²) in [4.78, 5) is 23.4. The number of nitriles is 1. The molecule has 2 N–H and O–H groups in total. The molecule has 0 aliphatic rings. The predicted octanol–water partition coefficient (Wildman–Crippen LogP) is 4.70. The molecule has 1 atom stereocenters. The second-order valence-electron chi connectivity index (χ2n) is 6.36. The van der Waals surface area contributed by atoms with Gasteiger partial charge in [0.25, 0.3) is 5.91 Å². The van der Waals surface area contributed by atoms with Crippen LogP contribution in [0.2, 0.25) is 0 Å². The molecule has 0 unspecified atom stereocenters. The van der Waals surface area contributed by atoms with Crippen LogP contribution in [0.4, 0.5) is 11.4 Å². The van der Waals surface area contributed by atoms with E-state index >= 15 is 0 Å². The summed E-state index contributed by atoms with van der Waals surface area (Å²) in [7, 11) is 0. The van der Waals surface area contributed by atoms with E-state index in [0.29, 0.717) is 22.9 Å². The second-order valence-corrected chi connectivity index (χ2v) is 6.36. The van der Waals surface area contributed by atoms with Gasteiger partial charge in [-0.3, -0.25) is 9.59 Å². The van der Waals surface area contributed by atoms with Crippen LogP contribution in [0.25, 0.3) is 6.08 Å². The van der Waals surface area contributed by atoms with Crippen molar-refractivity contribution in [1.82, 2.24) is 0 Å². The number of amides is 2. The average Bonchev–Trinajstić information content (AvgIpc) is 2.66. The zero-order valence-corrected chi connectivity index (χ0v) is 15.7. The molecular formula is C22H23N3O2. The fourth-order valence-corrected chi connectivity index (χ4v) is 2.51. The maximum absolute atomic E-state index is 12.4. The molecule has 0 aliphatic heterocycles. The molecule has 0 radical (unpaired) electrons. The maximum Gasteiger partial charge on any atom is 0.266 e. The first-order valence-corrected chi connectivity index (χ1v) is 8.83. The van der Waals surface area contributed by atoms with E-state index in [2.05, 4.69) is 24.5 Å². The Hall–Kier alpha value is -3.39. The Labute approximate surface area is 159 Å². The minimum atomic E-state index is -0.459. The van der Waals surface area contributed by atoms with Gasteiger partial charge < -0.3 is 10.6 Å². The van der Waals surface area contributed by atoms with Crippen LogP contribution in [0.1, 0.15) is 44.2 Å². The molecule has 0 fully saturated rings. The SMILES string of the molecule is CC[C@@H](C)c1ccc(NC(=O)/C(C#N)=C/c2ccc(NC(C)=O)cc2)cc1. The van der Waals surface area contributed by atoms with E-state index < -0.39 is 5.91 Å². The number of nitrogens with zero attached hydrogens (tertiary/aromatic N) is 1. The van der Waals surface area contributed by atoms with Gasteiger partial charge in [-0.15, -0.1) is 0 Å². The van der Waals surface area contributed by atoms with Crippen molar-refractivity contribution < 1.29 is 9.59 Å². The summed E-state index contributed by atoms with van der Waals surface area (Å²) in [6, 6.07) is 16.5. The average molecular weight is 361 g/mol. The quantitative estimate of drug-likeness (QED) is 0.578. The number of nitrogens with one attached hydrogen (secondary N) is 2. The maximum atomic E-state index is 12.4. The first-order chi connectivity index (χ1) is 12.9. The van der Waals surface area contributed by atoms with Crippen molar-refractivity contribution in [3.05, 3.63) is 65.2 Å². The lowest BCUT2D eigenvalue weighted by Crippen LogP contribution is -2.13. The van der Waals surface area contributed by atoms with Crippen molar-refractivity contribution in [1.29, 1.82) is 5.26 Å². The number of anilines is 2. The fraction of sp³-hybridized carbons (Fsp3) is 0.227. The molecule has 2 aromatic rings. The van der Waals surface area contributed by atoms with Gasteiger partial charge in [-0.1, -0.05) is 38.1 Å². The van der Waals surface area contributed by atoms with Crippen LogP contribution in [0, 0.1) is 11.3 Å². The Morgan fingerprint density at radius 1 is 1.04 bits per heavy atom. The predicted molar refractivity (Wildman–Crippen MR) is 108 cm³/mol. The first-order valence-electron chi connectivity index (χ1n) is 8.83. The van der Waals surface area contributed by atoms with Crippen LogP contribution < -0.4 is 10.6 Å². The Morgan fingerprint density at radius 2 is 1.59 bits per heavy atom. The van der Waals surface area contributed by atoms with Crippen molar-refractivity contribution in [3.8, 4) is 6.07 Å². The topological polar surface area (TPSA) is 82.0 Å². The lowest BCUT2D eigenvalue weighted by atomic mass is 9.98. The smallest absolute Gasteiger partial charge is 0.266 e. The molecular weight excluding hydrogens is 338 g/mol. The van der Waals surface area contributed by atoms with Crippen LogP contribution >= 0.6 is 0 Å². The van der Waals surface area contributed by atoms with Crippen LogP contribution in [0.15, 0.2) is 54.1 Å². The van der Waals surface area contributed by atoms with E-state index in [-0.39, 0.29) is 11.5 Å². The van der Waals surface area contributed by atoms with Gasteiger partial charge in [-0.05, 0) is 53.8 Å². The molecule has 5 nitrogen and oxygen atoms in total. The number of rotatable bonds is 6. The lowest BCUT2D eigenvalue weighted by molar-refractivity contribution is -0.114. The van der Waals surface area contributed by atoms with Gasteiger partial charge >= 0.3 is 0 Å². The highest BCUT2D eigenvalue weighted by Gasteiger charge is 2.10. The molecule has 0 bridgehead atoms. The van der Waals surface area contributed by atoms with Gasteiger partial charge in [0.15, 0.2) is 0 Å². The monoisotopic (exact) mass is 361 g/mol. The Morgan fingerprint density at radius 3 is 2.11 bits per heavy atom. The summed E-state index contributed by atoms with van der Waals surface area (Å²) in [6.45, 7) is 5.72. The minimum Gasteiger partial charge on any atom is -0.326 e. The van der Waals surface area contributed by atoms with E-state index in [1.54, 1.807) is 24.3 Å². The van der Waals surface area contributed by atoms with E-state index in [0.717, 1.165) is 6.42 Å². The molecule has 2 amide bonds. The highest BCUT2D eigenvalue weighted by atomic mass is 16.2. The first kappa shape index (κ1) is 19.9. The summed E-state index contributed by atoms with van der Waals surface area (Å²) in [5, 5.41) is 14.7. The van der Waals surface area contributed by atoms with E-state index in [4.69, 9.17) is 0 Å². The van der Waals surface area contributed by atoms with Crippen LogP contribution in [0.3, 0.4) is 0 Å². The lowest BCUT2D eigenvalue weighted by Gasteiger charge is -2.10. The minimum absolute atomic E-state index is 0.00767. The number of benzene rings is 2. The molecule has 0 aromatic heterocycles. The normalized spacial score (nSPS) is 12.0. The third kappa shape index (κ3) is 5.82. The van der Waals surface area contributed by atoms with Crippen molar-refractivity contribution in [3.63, 3.8) is 0 Å². The number of hydrogen-bond donors (Lipinski definition) is 2. The Balaban J connectivity index is 2.10. The van der Waals surface area contributed by atoms with Gasteiger partial charge in [0, 0.05) is 18.3 Å². The molecule has 0 spiro atoms. The molecule has 2 aromatic carbocycles.